The van der Waals surface area contributed by atoms with E-state index in [0.29, 0.717) is 18.4 Å². The Morgan fingerprint density at radius 2 is 0.930 bits per heavy atom. The van der Waals surface area contributed by atoms with E-state index in [4.69, 9.17) is 4.43 Å². The van der Waals surface area contributed by atoms with Crippen molar-refractivity contribution in [3.63, 3.8) is 0 Å². The molecule has 7 rings (SSSR count). The third-order valence-electron chi connectivity index (χ3n) is 9.92. The number of fused-ring (bicyclic) bond motifs is 2. The molecule has 43 heavy (non-hydrogen) atoms. The highest BCUT2D eigenvalue weighted by atomic mass is 28.4. The van der Waals surface area contributed by atoms with E-state index in [0.717, 1.165) is 12.8 Å². The number of allylic oxidation sites excluding steroid dienone is 2. The highest BCUT2D eigenvalue weighted by molar-refractivity contribution is 7.07. The van der Waals surface area contributed by atoms with Crippen molar-refractivity contribution in [1.29, 1.82) is 0 Å². The van der Waals surface area contributed by atoms with Gasteiger partial charge in [-0.05, 0) is 56.1 Å². The van der Waals surface area contributed by atoms with Gasteiger partial charge in [0, 0.05) is 18.4 Å². The maximum Gasteiger partial charge on any atom is 0.288 e. The molecule has 2 atom stereocenters. The molecule has 212 valence electrons. The van der Waals surface area contributed by atoms with Crippen molar-refractivity contribution in [2.75, 3.05) is 6.61 Å². The van der Waals surface area contributed by atoms with Crippen LogP contribution in [0.3, 0.4) is 0 Å². The van der Waals surface area contributed by atoms with Crippen LogP contribution in [0.5, 0.6) is 0 Å². The van der Waals surface area contributed by atoms with Crippen molar-refractivity contribution in [3.05, 3.63) is 174 Å². The molecule has 0 spiro atoms. The summed E-state index contributed by atoms with van der Waals surface area (Å²) in [5.41, 5.74) is 5.56. The maximum absolute atomic E-state index is 7.53. The van der Waals surface area contributed by atoms with Crippen LogP contribution in [0, 0.1) is 5.41 Å². The predicted molar refractivity (Wildman–Crippen MR) is 184 cm³/mol. The van der Waals surface area contributed by atoms with E-state index >= 15 is 0 Å². The summed E-state index contributed by atoms with van der Waals surface area (Å²) in [5, 5.41) is 3.85. The minimum absolute atomic E-state index is 0.0313. The Kier molecular flexibility index (Phi) is 7.57. The fourth-order valence-electron chi connectivity index (χ4n) is 7.79. The molecule has 2 aliphatic carbocycles. The number of benzene rings is 5. The van der Waals surface area contributed by atoms with E-state index in [1.54, 1.807) is 0 Å². The molecule has 0 N–H and O–H groups in total. The van der Waals surface area contributed by atoms with Crippen LogP contribution in [-0.4, -0.2) is 14.9 Å². The molecule has 2 unspecified atom stereocenters. The Balaban J connectivity index is 1.33. The molecule has 5 aromatic rings. The second-order valence-electron chi connectivity index (χ2n) is 11.9. The highest BCUT2D eigenvalue weighted by Crippen LogP contribution is 2.57. The molecule has 0 radical (unpaired) electrons. The van der Waals surface area contributed by atoms with Gasteiger partial charge in [0.25, 0.3) is 8.32 Å². The standard InChI is InChI=1S/C41H38OSi/c1-2-41(39-28-26-32-16-12-14-24-37(32)39,40-29-27-33-17-13-15-25-38(33)40)30-31-42-43(34-18-6-3-7-19-34,35-20-8-4-9-21-35)36-22-10-5-11-23-36/h3-29,39-40H,2,30-31H2,1H3. The number of hydrogen-bond acceptors (Lipinski definition) is 1. The highest BCUT2D eigenvalue weighted by Gasteiger charge is 2.48. The molecule has 1 nitrogen and oxygen atoms in total. The summed E-state index contributed by atoms with van der Waals surface area (Å²) in [6, 6.07) is 50.8. The van der Waals surface area contributed by atoms with E-state index in [2.05, 4.69) is 171 Å². The van der Waals surface area contributed by atoms with Gasteiger partial charge < -0.3 is 4.43 Å². The molecule has 0 saturated carbocycles. The van der Waals surface area contributed by atoms with Gasteiger partial charge in [0.2, 0.25) is 0 Å². The first-order valence-corrected chi connectivity index (χ1v) is 17.5. The molecule has 5 aromatic carbocycles. The Labute approximate surface area is 257 Å². The lowest BCUT2D eigenvalue weighted by Crippen LogP contribution is -2.69. The van der Waals surface area contributed by atoms with Crippen LogP contribution in [0.2, 0.25) is 0 Å². The Morgan fingerprint density at radius 3 is 1.35 bits per heavy atom. The van der Waals surface area contributed by atoms with Gasteiger partial charge >= 0.3 is 0 Å². The first-order valence-electron chi connectivity index (χ1n) is 15.6. The number of rotatable bonds is 10. The summed E-state index contributed by atoms with van der Waals surface area (Å²) in [6.07, 6.45) is 11.6. The third kappa shape index (κ3) is 4.76. The van der Waals surface area contributed by atoms with E-state index in [1.807, 2.05) is 0 Å². The molecule has 0 fully saturated rings. The number of hydrogen-bond donors (Lipinski definition) is 0. The lowest BCUT2D eigenvalue weighted by Gasteiger charge is -2.44. The van der Waals surface area contributed by atoms with Gasteiger partial charge in [-0.3, -0.25) is 0 Å². The van der Waals surface area contributed by atoms with Crippen LogP contribution in [0.25, 0.3) is 12.2 Å². The van der Waals surface area contributed by atoms with Crippen LogP contribution in [0.15, 0.2) is 152 Å². The first kappa shape index (κ1) is 27.6. The minimum atomic E-state index is -2.79. The fourth-order valence-corrected chi connectivity index (χ4v) is 11.7. The summed E-state index contributed by atoms with van der Waals surface area (Å²) >= 11 is 0. The normalized spacial score (nSPS) is 18.3. The maximum atomic E-state index is 7.53. The van der Waals surface area contributed by atoms with Gasteiger partial charge in [-0.15, -0.1) is 0 Å². The molecule has 2 aliphatic rings. The van der Waals surface area contributed by atoms with Crippen LogP contribution < -0.4 is 15.6 Å². The molecular weight excluding hydrogens is 537 g/mol. The third-order valence-corrected chi connectivity index (χ3v) is 14.0. The molecule has 0 amide bonds. The lowest BCUT2D eigenvalue weighted by atomic mass is 9.60. The smallest absolute Gasteiger partial charge is 0.288 e. The Bertz CT molecular complexity index is 1580. The van der Waals surface area contributed by atoms with Gasteiger partial charge in [0.1, 0.15) is 0 Å². The molecule has 2 heteroatoms. The molecule has 0 saturated heterocycles. The topological polar surface area (TPSA) is 9.23 Å². The fraction of sp³-hybridized carbons (Fsp3) is 0.171. The van der Waals surface area contributed by atoms with Crippen LogP contribution >= 0.6 is 0 Å². The van der Waals surface area contributed by atoms with Gasteiger partial charge in [0.05, 0.1) is 0 Å². The zero-order valence-electron chi connectivity index (χ0n) is 24.8. The van der Waals surface area contributed by atoms with Crippen molar-refractivity contribution >= 4 is 36.0 Å². The van der Waals surface area contributed by atoms with E-state index in [1.165, 1.54) is 37.8 Å². The molecular formula is C41H38OSi. The SMILES string of the molecule is CCC(CCO[Si](c1ccccc1)(c1ccccc1)c1ccccc1)(C1C=Cc2ccccc21)C1C=Cc2ccccc21. The van der Waals surface area contributed by atoms with E-state index in [-0.39, 0.29) is 5.41 Å². The quantitative estimate of drug-likeness (QED) is 0.121. The van der Waals surface area contributed by atoms with E-state index in [9.17, 15) is 0 Å². The monoisotopic (exact) mass is 574 g/mol. The van der Waals surface area contributed by atoms with E-state index < -0.39 is 8.32 Å². The largest absolute Gasteiger partial charge is 0.404 e. The summed E-state index contributed by atoms with van der Waals surface area (Å²) in [7, 11) is -2.79. The van der Waals surface area contributed by atoms with Gasteiger partial charge in [-0.1, -0.05) is 171 Å². The molecule has 0 aromatic heterocycles. The summed E-state index contributed by atoms with van der Waals surface area (Å²) in [6.45, 7) is 3.07. The summed E-state index contributed by atoms with van der Waals surface area (Å²) < 4.78 is 7.53. The average molecular weight is 575 g/mol. The predicted octanol–water partition coefficient (Wildman–Crippen LogP) is 8.08. The minimum Gasteiger partial charge on any atom is -0.404 e. The Morgan fingerprint density at radius 1 is 0.535 bits per heavy atom. The van der Waals surface area contributed by atoms with Crippen LogP contribution in [0.1, 0.15) is 53.9 Å². The second-order valence-corrected chi connectivity index (χ2v) is 15.3. The Hall–Kier alpha value is -4.24. The van der Waals surface area contributed by atoms with Crippen molar-refractivity contribution in [2.24, 2.45) is 5.41 Å². The molecule has 0 bridgehead atoms. The van der Waals surface area contributed by atoms with Crippen molar-refractivity contribution in [3.8, 4) is 0 Å². The van der Waals surface area contributed by atoms with Crippen molar-refractivity contribution in [2.45, 2.75) is 31.6 Å². The van der Waals surface area contributed by atoms with Crippen molar-refractivity contribution in [1.82, 2.24) is 0 Å². The summed E-state index contributed by atoms with van der Waals surface area (Å²) in [4.78, 5) is 0. The molecule has 0 aliphatic heterocycles. The summed E-state index contributed by atoms with van der Waals surface area (Å²) in [5.74, 6) is 0.638. The zero-order chi connectivity index (χ0) is 29.1. The zero-order valence-corrected chi connectivity index (χ0v) is 25.8. The van der Waals surface area contributed by atoms with Gasteiger partial charge in [-0.2, -0.15) is 0 Å². The van der Waals surface area contributed by atoms with Gasteiger partial charge in [0.15, 0.2) is 0 Å². The van der Waals surface area contributed by atoms with Crippen LogP contribution in [-0.2, 0) is 4.43 Å². The average Bonchev–Trinajstić information content (AvgIpc) is 3.72. The molecule has 0 heterocycles. The lowest BCUT2D eigenvalue weighted by molar-refractivity contribution is 0.150. The van der Waals surface area contributed by atoms with Crippen molar-refractivity contribution < 1.29 is 4.43 Å². The first-order chi connectivity index (χ1) is 21.3. The second kappa shape index (κ2) is 11.8. The van der Waals surface area contributed by atoms with Crippen LogP contribution in [0.4, 0.5) is 0 Å². The van der Waals surface area contributed by atoms with Gasteiger partial charge in [-0.25, -0.2) is 0 Å².